The first kappa shape index (κ1) is 37.5. The van der Waals surface area contributed by atoms with E-state index >= 15 is 0 Å². The maximum Gasteiger partial charge on any atom is 0.410 e. The van der Waals surface area contributed by atoms with Crippen molar-refractivity contribution < 1.29 is 50.6 Å². The van der Waals surface area contributed by atoms with E-state index in [2.05, 4.69) is 15.4 Å². The van der Waals surface area contributed by atoms with E-state index in [0.717, 1.165) is 23.5 Å². The molecule has 3 N–H and O–H groups in total. The van der Waals surface area contributed by atoms with Crippen LogP contribution in [-0.4, -0.2) is 89.2 Å². The van der Waals surface area contributed by atoms with Crippen molar-refractivity contribution in [2.75, 3.05) is 6.54 Å². The molecular weight excluding hydrogens is 704 g/mol. The second kappa shape index (κ2) is 14.3. The molecule has 6 rings (SSSR count). The van der Waals surface area contributed by atoms with Crippen molar-refractivity contribution in [3.05, 3.63) is 47.0 Å². The zero-order chi connectivity index (χ0) is 37.6. The molecule has 3 aliphatic heterocycles. The second-order valence-electron chi connectivity index (χ2n) is 15.3. The van der Waals surface area contributed by atoms with Gasteiger partial charge in [0.1, 0.15) is 41.0 Å². The van der Waals surface area contributed by atoms with Crippen LogP contribution < -0.4 is 15.4 Å². The fourth-order valence-electron chi connectivity index (χ4n) is 7.06. The Labute approximate surface area is 301 Å². The molecule has 5 amide bonds. The van der Waals surface area contributed by atoms with Crippen molar-refractivity contribution in [2.45, 2.75) is 126 Å². The molecule has 5 atom stereocenters. The molecule has 0 spiro atoms. The van der Waals surface area contributed by atoms with Gasteiger partial charge >= 0.3 is 12.2 Å². The number of nitrogens with one attached hydrogen (secondary N) is 3. The van der Waals surface area contributed by atoms with Gasteiger partial charge in [-0.15, -0.1) is 0 Å². The number of alkyl carbamates (subject to hydrolysis) is 1. The molecule has 3 heterocycles. The minimum atomic E-state index is -3.95. The molecule has 2 aliphatic carbocycles. The lowest BCUT2D eigenvalue weighted by Gasteiger charge is -2.30. The number of benzene rings is 1. The summed E-state index contributed by atoms with van der Waals surface area (Å²) in [7, 11) is -3.95. The highest BCUT2D eigenvalue weighted by atomic mass is 32.2. The lowest BCUT2D eigenvalue weighted by atomic mass is 10.0. The molecule has 0 radical (unpaired) electrons. The van der Waals surface area contributed by atoms with Crippen LogP contribution in [0.1, 0.15) is 89.7 Å². The summed E-state index contributed by atoms with van der Waals surface area (Å²) in [6, 6.07) is -0.453. The maximum absolute atomic E-state index is 14.4. The van der Waals surface area contributed by atoms with E-state index in [9.17, 15) is 41.2 Å². The van der Waals surface area contributed by atoms with Gasteiger partial charge in [-0.05, 0) is 71.4 Å². The Kier molecular flexibility index (Phi) is 10.3. The van der Waals surface area contributed by atoms with Crippen molar-refractivity contribution >= 4 is 39.9 Å². The number of allylic oxidation sites excluding steroid dienone is 1. The van der Waals surface area contributed by atoms with E-state index in [1.807, 2.05) is 6.08 Å². The molecule has 52 heavy (non-hydrogen) atoms. The number of halogens is 2. The molecule has 1 aromatic rings. The van der Waals surface area contributed by atoms with E-state index in [-0.39, 0.29) is 50.0 Å². The molecule has 1 saturated heterocycles. The minimum Gasteiger partial charge on any atom is -0.444 e. The monoisotopic (exact) mass is 749 g/mol. The van der Waals surface area contributed by atoms with Crippen molar-refractivity contribution in [1.29, 1.82) is 0 Å². The number of ether oxygens (including phenoxy) is 2. The Morgan fingerprint density at radius 3 is 2.31 bits per heavy atom. The van der Waals surface area contributed by atoms with Gasteiger partial charge in [-0.1, -0.05) is 25.0 Å². The molecular formula is C35H45F2N5O9S. The van der Waals surface area contributed by atoms with Crippen LogP contribution in [0.2, 0.25) is 0 Å². The van der Waals surface area contributed by atoms with Gasteiger partial charge in [-0.2, -0.15) is 0 Å². The Balaban J connectivity index is 1.25. The smallest absolute Gasteiger partial charge is 0.410 e. The maximum atomic E-state index is 14.4. The molecule has 14 nitrogen and oxygen atoms in total. The van der Waals surface area contributed by atoms with E-state index in [4.69, 9.17) is 9.47 Å². The SMILES string of the molecule is CC(C)(C)OC(=O)N[C@@H]1CCCCCC=C[C@@H]2C[C@@]2(C(=O)NS(=O)(=O)C2CC2)NC(=O)[C@@H]2C[C@@H](OC(=O)N3Cc4c(F)ccc(F)c4C3)CN2C1=O. The highest BCUT2D eigenvalue weighted by Crippen LogP contribution is 2.46. The summed E-state index contributed by atoms with van der Waals surface area (Å²) in [5.41, 5.74) is -2.40. The summed E-state index contributed by atoms with van der Waals surface area (Å²) in [5.74, 6) is -4.12. The number of carbonyl (C=O) groups is 5. The molecule has 0 bridgehead atoms. The van der Waals surface area contributed by atoms with E-state index in [0.29, 0.717) is 32.1 Å². The van der Waals surface area contributed by atoms with Crippen LogP contribution in [-0.2, 0) is 47.0 Å². The average Bonchev–Trinajstić information content (AvgIpc) is 3.94. The van der Waals surface area contributed by atoms with E-state index in [1.165, 1.54) is 4.90 Å². The fourth-order valence-corrected chi connectivity index (χ4v) is 8.42. The standard InChI is InChI=1S/C35H45F2N5O9S/c1-34(2,3)51-32(46)38-27-10-8-6-4-5-7-9-20-16-35(20,31(45)40-52(48,49)22-11-12-22)39-29(43)28-15-21(17-42(28)30(27)44)50-33(47)41-18-23-24(19-41)26(37)14-13-25(23)36/h7,9,13-14,20-22,27-28H,4-6,8,10-12,15-19H2,1-3H3,(H,38,46)(H,39,43)(H,40,45)/t20-,21-,27-,28+,35-/m1/s1. The predicted molar refractivity (Wildman–Crippen MR) is 180 cm³/mol. The van der Waals surface area contributed by atoms with Gasteiger partial charge in [0.05, 0.1) is 24.9 Å². The van der Waals surface area contributed by atoms with E-state index in [1.54, 1.807) is 26.8 Å². The van der Waals surface area contributed by atoms with Gasteiger partial charge in [0.25, 0.3) is 5.91 Å². The number of fused-ring (bicyclic) bond motifs is 3. The number of hydrogen-bond acceptors (Lipinski definition) is 9. The van der Waals surface area contributed by atoms with Crippen LogP contribution in [0.4, 0.5) is 18.4 Å². The molecule has 5 aliphatic rings. The van der Waals surface area contributed by atoms with Gasteiger partial charge < -0.3 is 25.0 Å². The van der Waals surface area contributed by atoms with Crippen molar-refractivity contribution in [3.8, 4) is 0 Å². The fraction of sp³-hybridized carbons (Fsp3) is 0.629. The number of rotatable bonds is 5. The van der Waals surface area contributed by atoms with Crippen LogP contribution in [0.15, 0.2) is 24.3 Å². The third-order valence-electron chi connectivity index (χ3n) is 10.1. The molecule has 0 aromatic heterocycles. The number of sulfonamides is 1. The Hall–Kier alpha value is -4.28. The summed E-state index contributed by atoms with van der Waals surface area (Å²) >= 11 is 0. The summed E-state index contributed by atoms with van der Waals surface area (Å²) in [6.07, 6.45) is 4.48. The summed E-state index contributed by atoms with van der Waals surface area (Å²) in [6.45, 7) is 4.27. The van der Waals surface area contributed by atoms with Gasteiger partial charge in [0.2, 0.25) is 21.8 Å². The van der Waals surface area contributed by atoms with Crippen LogP contribution in [0.5, 0.6) is 0 Å². The van der Waals surface area contributed by atoms with E-state index < -0.39 is 92.1 Å². The number of amides is 5. The lowest BCUT2D eigenvalue weighted by Crippen LogP contribution is -2.58. The van der Waals surface area contributed by atoms with Gasteiger partial charge in [0, 0.05) is 23.5 Å². The Bertz CT molecular complexity index is 1750. The molecule has 284 valence electrons. The van der Waals surface area contributed by atoms with Crippen LogP contribution in [0, 0.1) is 17.6 Å². The first-order valence-corrected chi connectivity index (χ1v) is 19.3. The zero-order valence-electron chi connectivity index (χ0n) is 29.4. The largest absolute Gasteiger partial charge is 0.444 e. The number of carbonyl (C=O) groups excluding carboxylic acids is 5. The van der Waals surface area contributed by atoms with Crippen molar-refractivity contribution in [1.82, 2.24) is 25.2 Å². The van der Waals surface area contributed by atoms with Gasteiger partial charge in [0.15, 0.2) is 0 Å². The first-order chi connectivity index (χ1) is 24.5. The number of nitrogens with zero attached hydrogens (tertiary/aromatic N) is 2. The molecule has 3 fully saturated rings. The molecule has 17 heteroatoms. The third-order valence-corrected chi connectivity index (χ3v) is 11.9. The van der Waals surface area contributed by atoms with Crippen LogP contribution in [0.25, 0.3) is 0 Å². The predicted octanol–water partition coefficient (Wildman–Crippen LogP) is 3.28. The highest BCUT2D eigenvalue weighted by molar-refractivity contribution is 7.91. The molecule has 0 unspecified atom stereocenters. The highest BCUT2D eigenvalue weighted by Gasteiger charge is 2.62. The van der Waals surface area contributed by atoms with Gasteiger partial charge in [-0.25, -0.2) is 26.8 Å². The van der Waals surface area contributed by atoms with Crippen LogP contribution in [0.3, 0.4) is 0 Å². The summed E-state index contributed by atoms with van der Waals surface area (Å²) in [4.78, 5) is 70.5. The summed E-state index contributed by atoms with van der Waals surface area (Å²) in [5, 5.41) is 4.70. The zero-order valence-corrected chi connectivity index (χ0v) is 30.2. The second-order valence-corrected chi connectivity index (χ2v) is 17.3. The lowest BCUT2D eigenvalue weighted by molar-refractivity contribution is -0.141. The average molecular weight is 750 g/mol. The molecule has 1 aromatic carbocycles. The molecule has 2 saturated carbocycles. The summed E-state index contributed by atoms with van der Waals surface area (Å²) < 4.78 is 67.6. The minimum absolute atomic E-state index is 0.0296. The van der Waals surface area contributed by atoms with Crippen molar-refractivity contribution in [3.63, 3.8) is 0 Å². The third kappa shape index (κ3) is 8.18. The van der Waals surface area contributed by atoms with Gasteiger partial charge in [-0.3, -0.25) is 24.0 Å². The van der Waals surface area contributed by atoms with Crippen LogP contribution >= 0.6 is 0 Å². The Morgan fingerprint density at radius 1 is 1.00 bits per heavy atom. The van der Waals surface area contributed by atoms with Crippen molar-refractivity contribution in [2.24, 2.45) is 5.92 Å². The normalized spacial score (nSPS) is 28.0. The number of hydrogen-bond donors (Lipinski definition) is 3. The first-order valence-electron chi connectivity index (χ1n) is 17.7. The quantitative estimate of drug-likeness (QED) is 0.381. The Morgan fingerprint density at radius 2 is 1.67 bits per heavy atom. The topological polar surface area (TPSA) is 181 Å².